The van der Waals surface area contributed by atoms with Crippen molar-refractivity contribution >= 4 is 40.1 Å². The molecule has 8 nitrogen and oxygen atoms in total. The second kappa shape index (κ2) is 8.18. The molecule has 4 aliphatic heterocycles. The van der Waals surface area contributed by atoms with Crippen molar-refractivity contribution in [3.63, 3.8) is 0 Å². The first-order chi connectivity index (χ1) is 15.8. The zero-order valence-electron chi connectivity index (χ0n) is 17.4. The minimum absolute atomic E-state index is 0.148. The number of nitrogens with zero attached hydrogens (tertiary/aromatic N) is 3. The molecule has 0 amide bonds. The maximum atomic E-state index is 14.7. The van der Waals surface area contributed by atoms with Crippen molar-refractivity contribution in [1.29, 1.82) is 0 Å². The highest BCUT2D eigenvalue weighted by Crippen LogP contribution is 2.37. The van der Waals surface area contributed by atoms with Crippen LogP contribution in [-0.2, 0) is 11.3 Å². The highest BCUT2D eigenvalue weighted by Gasteiger charge is 2.30. The van der Waals surface area contributed by atoms with Gasteiger partial charge in [0.25, 0.3) is 5.56 Å². The maximum absolute atomic E-state index is 14.7. The van der Waals surface area contributed by atoms with E-state index in [1.165, 1.54) is 12.1 Å². The number of benzene rings is 1. The van der Waals surface area contributed by atoms with Gasteiger partial charge in [0.2, 0.25) is 11.3 Å². The lowest BCUT2D eigenvalue weighted by atomic mass is 10.0. The van der Waals surface area contributed by atoms with Gasteiger partial charge in [-0.05, 0) is 36.3 Å². The number of rotatable bonds is 5. The minimum atomic E-state index is -2.14. The van der Waals surface area contributed by atoms with E-state index >= 15 is 0 Å². The van der Waals surface area contributed by atoms with E-state index in [9.17, 15) is 17.8 Å². The van der Waals surface area contributed by atoms with Crippen LogP contribution in [0.4, 0.5) is 26.0 Å². The summed E-state index contributed by atoms with van der Waals surface area (Å²) in [6, 6.07) is 3.34. The first kappa shape index (κ1) is 21.4. The number of allylic oxidation sites excluding steroid dienone is 1. The molecule has 1 aromatic rings. The van der Waals surface area contributed by atoms with Crippen LogP contribution in [0.2, 0.25) is 0 Å². The zero-order chi connectivity index (χ0) is 23.3. The van der Waals surface area contributed by atoms with Crippen molar-refractivity contribution < 1.29 is 17.5 Å². The predicted octanol–water partition coefficient (Wildman–Crippen LogP) is 1.32. The fourth-order valence-electron chi connectivity index (χ4n) is 4.34. The van der Waals surface area contributed by atoms with E-state index < -0.39 is 22.9 Å². The van der Waals surface area contributed by atoms with E-state index in [2.05, 4.69) is 14.7 Å². The summed E-state index contributed by atoms with van der Waals surface area (Å²) < 4.78 is 50.6. The van der Waals surface area contributed by atoms with Crippen LogP contribution in [0.15, 0.2) is 41.5 Å². The van der Waals surface area contributed by atoms with Crippen molar-refractivity contribution in [3.8, 4) is 11.1 Å². The van der Waals surface area contributed by atoms with Gasteiger partial charge in [-0.15, -0.1) is 0 Å². The van der Waals surface area contributed by atoms with Crippen LogP contribution in [0.5, 0.6) is 0 Å². The summed E-state index contributed by atoms with van der Waals surface area (Å²) in [5, 5.41) is 1.28. The number of hydrogen-bond acceptors (Lipinski definition) is 5. The van der Waals surface area contributed by atoms with Crippen LogP contribution in [0.3, 0.4) is 0 Å². The summed E-state index contributed by atoms with van der Waals surface area (Å²) in [7, 11) is 1.81. The third-order valence-electron chi connectivity index (χ3n) is 5.78. The Balaban J connectivity index is 1.76. The van der Waals surface area contributed by atoms with Crippen LogP contribution in [0, 0.1) is 11.6 Å². The third-order valence-corrected chi connectivity index (χ3v) is 6.23. The number of H-pyrrole nitrogens is 1. The van der Waals surface area contributed by atoms with Gasteiger partial charge < -0.3 is 14.8 Å². The van der Waals surface area contributed by atoms with E-state index in [1.807, 2.05) is 24.2 Å². The van der Waals surface area contributed by atoms with Gasteiger partial charge in [-0.25, -0.2) is 22.7 Å². The SMILES string of the molecule is CN1C=CC(CCNS(=O)O)=c2cnc3c4c([nH]c(=O)c-4c21)=CCN3c1ccc(F)cc1F. The molecule has 5 rings (SSSR count). The Kier molecular flexibility index (Phi) is 5.31. The lowest BCUT2D eigenvalue weighted by molar-refractivity contribution is 0.550. The average molecular weight is 471 g/mol. The molecule has 3 N–H and O–H groups in total. The Labute approximate surface area is 189 Å². The normalized spacial score (nSPS) is 15.6. The van der Waals surface area contributed by atoms with Crippen molar-refractivity contribution in [2.24, 2.45) is 0 Å². The standard InChI is InChI=1S/C22H19F2N5O3S/c1-28-8-5-12(4-7-26-33(31)32)14-11-25-21-18-16(27-22(30)19(18)20(14)28)6-9-29(21)17-3-2-13(23)10-15(17)24/h2-3,5-6,8,10-11,26H,4,7,9H2,1H3,(H,27,30)(H,31,32). The van der Waals surface area contributed by atoms with Gasteiger partial charge in [0.05, 0.1) is 27.9 Å². The fraction of sp³-hybridized carbons (Fsp3) is 0.182. The molecule has 4 heterocycles. The highest BCUT2D eigenvalue weighted by atomic mass is 32.2. The van der Waals surface area contributed by atoms with Crippen LogP contribution in [0.1, 0.15) is 6.42 Å². The van der Waals surface area contributed by atoms with Gasteiger partial charge in [-0.1, -0.05) is 0 Å². The molecule has 170 valence electrons. The van der Waals surface area contributed by atoms with E-state index in [1.54, 1.807) is 17.2 Å². The first-order valence-electron chi connectivity index (χ1n) is 10.1. The molecule has 1 atom stereocenters. The molecule has 4 aliphatic rings. The average Bonchev–Trinajstić information content (AvgIpc) is 2.97. The molecule has 0 aromatic heterocycles. The van der Waals surface area contributed by atoms with Crippen LogP contribution in [-0.4, -0.2) is 38.9 Å². The second-order valence-corrected chi connectivity index (χ2v) is 8.50. The number of aromatic nitrogens is 2. The highest BCUT2D eigenvalue weighted by molar-refractivity contribution is 7.77. The number of anilines is 3. The van der Waals surface area contributed by atoms with Crippen LogP contribution < -0.4 is 30.6 Å². The number of fused-ring (bicyclic) bond motifs is 2. The Bertz CT molecular complexity index is 1490. The molecular formula is C22H19F2N5O3S. The molecule has 0 saturated heterocycles. The molecular weight excluding hydrogens is 452 g/mol. The summed E-state index contributed by atoms with van der Waals surface area (Å²) in [6.45, 7) is 0.479. The Morgan fingerprint density at radius 3 is 2.88 bits per heavy atom. The third kappa shape index (κ3) is 3.63. The molecule has 0 radical (unpaired) electrons. The van der Waals surface area contributed by atoms with Crippen molar-refractivity contribution in [3.05, 3.63) is 69.2 Å². The zero-order valence-corrected chi connectivity index (χ0v) is 18.2. The first-order valence-corrected chi connectivity index (χ1v) is 11.2. The Morgan fingerprint density at radius 1 is 1.30 bits per heavy atom. The number of halogens is 2. The summed E-state index contributed by atoms with van der Waals surface area (Å²) in [5.41, 5.74) is 2.25. The lowest BCUT2D eigenvalue weighted by Crippen LogP contribution is -2.27. The van der Waals surface area contributed by atoms with Gasteiger partial charge in [-0.2, -0.15) is 0 Å². The minimum Gasteiger partial charge on any atom is -0.350 e. The molecule has 1 unspecified atom stereocenters. The smallest absolute Gasteiger partial charge is 0.258 e. The van der Waals surface area contributed by atoms with Gasteiger partial charge in [0, 0.05) is 43.8 Å². The molecule has 33 heavy (non-hydrogen) atoms. The quantitative estimate of drug-likeness (QED) is 0.486. The molecule has 0 fully saturated rings. The van der Waals surface area contributed by atoms with E-state index in [-0.39, 0.29) is 24.3 Å². The van der Waals surface area contributed by atoms with Gasteiger partial charge in [0.1, 0.15) is 17.5 Å². The van der Waals surface area contributed by atoms with E-state index in [0.717, 1.165) is 11.6 Å². The number of hydrogen-bond donors (Lipinski definition) is 3. The number of nitrogens with one attached hydrogen (secondary N) is 2. The maximum Gasteiger partial charge on any atom is 0.258 e. The molecule has 0 bridgehead atoms. The van der Waals surface area contributed by atoms with Gasteiger partial charge in [0.15, 0.2) is 0 Å². The lowest BCUT2D eigenvalue weighted by Gasteiger charge is -2.26. The van der Waals surface area contributed by atoms with Crippen molar-refractivity contribution in [2.45, 2.75) is 6.42 Å². The van der Waals surface area contributed by atoms with Crippen LogP contribution in [0.25, 0.3) is 22.8 Å². The Morgan fingerprint density at radius 2 is 2.12 bits per heavy atom. The molecule has 1 aromatic carbocycles. The summed E-state index contributed by atoms with van der Waals surface area (Å²) in [6.07, 6.45) is 7.49. The van der Waals surface area contributed by atoms with Crippen molar-refractivity contribution in [1.82, 2.24) is 14.7 Å². The largest absolute Gasteiger partial charge is 0.350 e. The Hall–Kier alpha value is -3.41. The monoisotopic (exact) mass is 471 g/mol. The predicted molar refractivity (Wildman–Crippen MR) is 123 cm³/mol. The van der Waals surface area contributed by atoms with E-state index in [4.69, 9.17) is 4.55 Å². The molecule has 11 heteroatoms. The molecule has 0 spiro atoms. The number of aromatic amines is 1. The van der Waals surface area contributed by atoms with Crippen molar-refractivity contribution in [2.75, 3.05) is 29.9 Å². The van der Waals surface area contributed by atoms with Gasteiger partial charge in [-0.3, -0.25) is 9.35 Å². The molecule has 0 aliphatic carbocycles. The summed E-state index contributed by atoms with van der Waals surface area (Å²) in [5.74, 6) is -1.04. The topological polar surface area (TPSA) is 102 Å². The van der Waals surface area contributed by atoms with Crippen LogP contribution >= 0.6 is 0 Å². The fourth-order valence-corrected chi connectivity index (χ4v) is 4.61. The summed E-state index contributed by atoms with van der Waals surface area (Å²) >= 11 is -2.14. The summed E-state index contributed by atoms with van der Waals surface area (Å²) in [4.78, 5) is 24.0. The van der Waals surface area contributed by atoms with E-state index in [0.29, 0.717) is 39.6 Å². The second-order valence-electron chi connectivity index (χ2n) is 7.72. The van der Waals surface area contributed by atoms with Gasteiger partial charge >= 0.3 is 0 Å². The molecule has 0 saturated carbocycles.